The molecule has 1 aromatic heterocycles. The van der Waals surface area contributed by atoms with Gasteiger partial charge in [-0.25, -0.2) is 0 Å². The number of hydrogen-bond donors (Lipinski definition) is 0. The average Bonchev–Trinajstić information content (AvgIpc) is 2.51. The number of nitrogens with zero attached hydrogens (tertiary/aromatic N) is 2. The SMILES string of the molecule is CC(C)C(Cl)CCCc1ccn(C)n1. The maximum absolute atomic E-state index is 6.16. The summed E-state index contributed by atoms with van der Waals surface area (Å²) < 4.78 is 1.84. The molecule has 2 nitrogen and oxygen atoms in total. The van der Waals surface area contributed by atoms with E-state index < -0.39 is 0 Å². The van der Waals surface area contributed by atoms with Crippen molar-refractivity contribution in [2.24, 2.45) is 13.0 Å². The summed E-state index contributed by atoms with van der Waals surface area (Å²) in [6.07, 6.45) is 5.23. The standard InChI is InChI=1S/C11H19ClN2/c1-9(2)11(12)6-4-5-10-7-8-14(3)13-10/h7-9,11H,4-6H2,1-3H3. The van der Waals surface area contributed by atoms with Gasteiger partial charge in [0.1, 0.15) is 0 Å². The molecule has 0 aromatic carbocycles. The topological polar surface area (TPSA) is 17.8 Å². The number of alkyl halides is 1. The summed E-state index contributed by atoms with van der Waals surface area (Å²) >= 11 is 6.16. The third kappa shape index (κ3) is 3.70. The molecule has 80 valence electrons. The van der Waals surface area contributed by atoms with Crippen molar-refractivity contribution < 1.29 is 0 Å². The van der Waals surface area contributed by atoms with Crippen molar-refractivity contribution in [1.29, 1.82) is 0 Å². The van der Waals surface area contributed by atoms with Gasteiger partial charge in [-0.1, -0.05) is 13.8 Å². The van der Waals surface area contributed by atoms with E-state index in [0.29, 0.717) is 11.3 Å². The molecule has 1 heterocycles. The van der Waals surface area contributed by atoms with E-state index in [1.54, 1.807) is 0 Å². The predicted molar refractivity (Wildman–Crippen MR) is 60.6 cm³/mol. The van der Waals surface area contributed by atoms with Crippen LogP contribution in [0.2, 0.25) is 0 Å². The Kier molecular flexibility index (Phi) is 4.46. The molecule has 0 aliphatic rings. The summed E-state index contributed by atoms with van der Waals surface area (Å²) in [4.78, 5) is 0. The first-order valence-electron chi connectivity index (χ1n) is 5.22. The summed E-state index contributed by atoms with van der Waals surface area (Å²) in [6, 6.07) is 2.07. The van der Waals surface area contributed by atoms with Gasteiger partial charge < -0.3 is 0 Å². The zero-order valence-corrected chi connectivity index (χ0v) is 9.96. The van der Waals surface area contributed by atoms with Crippen molar-refractivity contribution in [2.75, 3.05) is 0 Å². The highest BCUT2D eigenvalue weighted by molar-refractivity contribution is 6.20. The molecule has 0 amide bonds. The van der Waals surface area contributed by atoms with Gasteiger partial charge in [0, 0.05) is 18.6 Å². The summed E-state index contributed by atoms with van der Waals surface area (Å²) in [6.45, 7) is 4.33. The molecule has 0 fully saturated rings. The summed E-state index contributed by atoms with van der Waals surface area (Å²) in [5.41, 5.74) is 1.17. The fourth-order valence-corrected chi connectivity index (χ4v) is 1.56. The van der Waals surface area contributed by atoms with Gasteiger partial charge in [-0.2, -0.15) is 5.10 Å². The van der Waals surface area contributed by atoms with Gasteiger partial charge in [-0.3, -0.25) is 4.68 Å². The van der Waals surface area contributed by atoms with Crippen LogP contribution in [0.4, 0.5) is 0 Å². The minimum atomic E-state index is 0.304. The molecule has 0 saturated heterocycles. The van der Waals surface area contributed by atoms with Crippen LogP contribution in [-0.4, -0.2) is 15.2 Å². The van der Waals surface area contributed by atoms with Gasteiger partial charge >= 0.3 is 0 Å². The molecule has 1 rings (SSSR count). The highest BCUT2D eigenvalue weighted by Crippen LogP contribution is 2.16. The molecule has 0 aliphatic carbocycles. The molecular formula is C11H19ClN2. The molecule has 1 atom stereocenters. The van der Waals surface area contributed by atoms with Gasteiger partial charge in [0.05, 0.1) is 5.69 Å². The molecule has 0 aliphatic heterocycles. The van der Waals surface area contributed by atoms with Crippen LogP contribution >= 0.6 is 11.6 Å². The molecular weight excluding hydrogens is 196 g/mol. The highest BCUT2D eigenvalue weighted by Gasteiger charge is 2.09. The molecule has 0 saturated carbocycles. The first-order valence-corrected chi connectivity index (χ1v) is 5.66. The first-order chi connectivity index (χ1) is 6.59. The quantitative estimate of drug-likeness (QED) is 0.690. The van der Waals surface area contributed by atoms with Crippen molar-refractivity contribution in [3.8, 4) is 0 Å². The van der Waals surface area contributed by atoms with Crippen LogP contribution in [0.15, 0.2) is 12.3 Å². The zero-order chi connectivity index (χ0) is 10.6. The molecule has 0 N–H and O–H groups in total. The van der Waals surface area contributed by atoms with Crippen LogP contribution < -0.4 is 0 Å². The zero-order valence-electron chi connectivity index (χ0n) is 9.20. The molecule has 3 heteroatoms. The van der Waals surface area contributed by atoms with Gasteiger partial charge in [0.25, 0.3) is 0 Å². The first kappa shape index (κ1) is 11.6. The summed E-state index contributed by atoms with van der Waals surface area (Å²) in [5, 5.41) is 4.63. The lowest BCUT2D eigenvalue weighted by atomic mass is 10.0. The number of aromatic nitrogens is 2. The van der Waals surface area contributed by atoms with E-state index in [1.165, 1.54) is 5.69 Å². The largest absolute Gasteiger partial charge is 0.276 e. The smallest absolute Gasteiger partial charge is 0.0624 e. The third-order valence-electron chi connectivity index (χ3n) is 2.41. The monoisotopic (exact) mass is 214 g/mol. The van der Waals surface area contributed by atoms with E-state index in [0.717, 1.165) is 19.3 Å². The Morgan fingerprint density at radius 2 is 2.21 bits per heavy atom. The molecule has 0 radical (unpaired) electrons. The van der Waals surface area contributed by atoms with Crippen molar-refractivity contribution in [2.45, 2.75) is 38.5 Å². The Balaban J connectivity index is 2.22. The average molecular weight is 215 g/mol. The van der Waals surface area contributed by atoms with E-state index in [1.807, 2.05) is 17.9 Å². The molecule has 14 heavy (non-hydrogen) atoms. The summed E-state index contributed by atoms with van der Waals surface area (Å²) in [7, 11) is 1.95. The van der Waals surface area contributed by atoms with E-state index in [-0.39, 0.29) is 0 Å². The van der Waals surface area contributed by atoms with Crippen LogP contribution in [-0.2, 0) is 13.5 Å². The summed E-state index contributed by atoms with van der Waals surface area (Å²) in [5.74, 6) is 0.570. The molecule has 1 aromatic rings. The van der Waals surface area contributed by atoms with Crippen molar-refractivity contribution in [3.05, 3.63) is 18.0 Å². The maximum atomic E-state index is 6.16. The Labute approximate surface area is 91.3 Å². The van der Waals surface area contributed by atoms with Crippen LogP contribution in [0.3, 0.4) is 0 Å². The van der Waals surface area contributed by atoms with Crippen LogP contribution in [0.5, 0.6) is 0 Å². The molecule has 0 spiro atoms. The van der Waals surface area contributed by atoms with E-state index >= 15 is 0 Å². The second-order valence-corrected chi connectivity index (χ2v) is 4.69. The number of aryl methyl sites for hydroxylation is 2. The fourth-order valence-electron chi connectivity index (χ4n) is 1.41. The number of halogens is 1. The lowest BCUT2D eigenvalue weighted by Gasteiger charge is -2.11. The van der Waals surface area contributed by atoms with Gasteiger partial charge in [-0.15, -0.1) is 11.6 Å². The van der Waals surface area contributed by atoms with Crippen molar-refractivity contribution in [1.82, 2.24) is 9.78 Å². The fraction of sp³-hybridized carbons (Fsp3) is 0.727. The lowest BCUT2D eigenvalue weighted by Crippen LogP contribution is -2.07. The van der Waals surface area contributed by atoms with E-state index in [9.17, 15) is 0 Å². The lowest BCUT2D eigenvalue weighted by molar-refractivity contribution is 0.544. The number of rotatable bonds is 5. The number of hydrogen-bond acceptors (Lipinski definition) is 1. The van der Waals surface area contributed by atoms with Crippen LogP contribution in [0.25, 0.3) is 0 Å². The van der Waals surface area contributed by atoms with Crippen LogP contribution in [0.1, 0.15) is 32.4 Å². The van der Waals surface area contributed by atoms with Gasteiger partial charge in [0.15, 0.2) is 0 Å². The highest BCUT2D eigenvalue weighted by atomic mass is 35.5. The third-order valence-corrected chi connectivity index (χ3v) is 3.13. The maximum Gasteiger partial charge on any atom is 0.0624 e. The molecule has 1 unspecified atom stereocenters. The van der Waals surface area contributed by atoms with E-state index in [4.69, 9.17) is 11.6 Å². The van der Waals surface area contributed by atoms with E-state index in [2.05, 4.69) is 25.0 Å². The Morgan fingerprint density at radius 3 is 2.71 bits per heavy atom. The molecule has 0 bridgehead atoms. The second-order valence-electron chi connectivity index (χ2n) is 4.13. The van der Waals surface area contributed by atoms with Gasteiger partial charge in [-0.05, 0) is 31.2 Å². The van der Waals surface area contributed by atoms with Crippen LogP contribution in [0, 0.1) is 5.92 Å². The van der Waals surface area contributed by atoms with Gasteiger partial charge in [0.2, 0.25) is 0 Å². The Bertz CT molecular complexity index is 268. The minimum absolute atomic E-state index is 0.304. The Hall–Kier alpha value is -0.500. The van der Waals surface area contributed by atoms with Crippen molar-refractivity contribution in [3.63, 3.8) is 0 Å². The minimum Gasteiger partial charge on any atom is -0.276 e. The Morgan fingerprint density at radius 1 is 1.50 bits per heavy atom. The second kappa shape index (κ2) is 5.40. The van der Waals surface area contributed by atoms with Crippen molar-refractivity contribution >= 4 is 11.6 Å². The predicted octanol–water partition coefficient (Wildman–Crippen LogP) is 3.01. The normalized spacial score (nSPS) is 13.5.